The molecule has 1 heterocycles. The summed E-state index contributed by atoms with van der Waals surface area (Å²) in [5.74, 6) is 0. The number of ether oxygens (including phenoxy) is 1. The number of hydrogen-bond donors (Lipinski definition) is 1. The maximum atomic E-state index is 12.1. The van der Waals surface area contributed by atoms with Crippen LogP contribution in [0.3, 0.4) is 0 Å². The molecule has 0 aliphatic carbocycles. The van der Waals surface area contributed by atoms with Gasteiger partial charge in [0, 0.05) is 31.6 Å². The van der Waals surface area contributed by atoms with E-state index < -0.39 is 10.0 Å². The average Bonchev–Trinajstić information content (AvgIpc) is 2.54. The second-order valence-electron chi connectivity index (χ2n) is 5.67. The molecule has 0 aromatic heterocycles. The quantitative estimate of drug-likeness (QED) is 0.875. The van der Waals surface area contributed by atoms with E-state index in [9.17, 15) is 8.42 Å². The van der Waals surface area contributed by atoms with Crippen LogP contribution in [0.5, 0.6) is 0 Å². The first-order chi connectivity index (χ1) is 11.6. The van der Waals surface area contributed by atoms with Crippen LogP contribution in [0.15, 0.2) is 60.0 Å². The third-order valence-electron chi connectivity index (χ3n) is 3.91. The maximum absolute atomic E-state index is 12.1. The lowest BCUT2D eigenvalue weighted by molar-refractivity contribution is 0.0788. The van der Waals surface area contributed by atoms with Gasteiger partial charge in [-0.05, 0) is 35.9 Å². The van der Waals surface area contributed by atoms with Gasteiger partial charge in [0.1, 0.15) is 0 Å². The molecule has 1 saturated heterocycles. The Morgan fingerprint density at radius 2 is 1.75 bits per heavy atom. The maximum Gasteiger partial charge on any atom is 0.255 e. The van der Waals surface area contributed by atoms with Crippen molar-refractivity contribution in [2.45, 2.75) is 6.10 Å². The summed E-state index contributed by atoms with van der Waals surface area (Å²) in [6, 6.07) is 16.7. The normalized spacial score (nSPS) is 15.5. The minimum absolute atomic E-state index is 0.284. The molecule has 1 fully saturated rings. The van der Waals surface area contributed by atoms with Crippen LogP contribution in [0.25, 0.3) is 6.08 Å². The topological polar surface area (TPSA) is 58.6 Å². The first-order valence-corrected chi connectivity index (χ1v) is 9.24. The highest BCUT2D eigenvalue weighted by atomic mass is 32.2. The number of rotatable bonds is 6. The van der Waals surface area contributed by atoms with E-state index in [1.54, 1.807) is 25.3 Å². The van der Waals surface area contributed by atoms with Gasteiger partial charge in [0.2, 0.25) is 0 Å². The molecule has 0 unspecified atom stereocenters. The SMILES string of the molecule is COC1CN(c2ccc(NS(=O)(=O)C=Cc3ccccc3)cc2)C1. The Labute approximate surface area is 142 Å². The number of hydrogen-bond acceptors (Lipinski definition) is 4. The monoisotopic (exact) mass is 344 g/mol. The van der Waals surface area contributed by atoms with Gasteiger partial charge in [-0.2, -0.15) is 0 Å². The predicted molar refractivity (Wildman–Crippen MR) is 97.5 cm³/mol. The van der Waals surface area contributed by atoms with Crippen molar-refractivity contribution in [1.29, 1.82) is 0 Å². The van der Waals surface area contributed by atoms with Gasteiger partial charge in [-0.1, -0.05) is 30.3 Å². The Balaban J connectivity index is 1.62. The van der Waals surface area contributed by atoms with Crippen molar-refractivity contribution in [3.63, 3.8) is 0 Å². The molecule has 0 radical (unpaired) electrons. The highest BCUT2D eigenvalue weighted by molar-refractivity contribution is 7.95. The molecule has 0 saturated carbocycles. The van der Waals surface area contributed by atoms with Crippen LogP contribution >= 0.6 is 0 Å². The molecule has 24 heavy (non-hydrogen) atoms. The van der Waals surface area contributed by atoms with Gasteiger partial charge in [0.05, 0.1) is 11.5 Å². The molecule has 5 nitrogen and oxygen atoms in total. The van der Waals surface area contributed by atoms with Crippen molar-refractivity contribution in [3.8, 4) is 0 Å². The summed E-state index contributed by atoms with van der Waals surface area (Å²) >= 11 is 0. The Morgan fingerprint density at radius 1 is 1.08 bits per heavy atom. The van der Waals surface area contributed by atoms with Gasteiger partial charge in [-0.25, -0.2) is 8.42 Å². The van der Waals surface area contributed by atoms with Crippen LogP contribution in [0.1, 0.15) is 5.56 Å². The Hall–Kier alpha value is -2.31. The zero-order valence-electron chi connectivity index (χ0n) is 13.4. The predicted octanol–water partition coefficient (Wildman–Crippen LogP) is 2.93. The van der Waals surface area contributed by atoms with Crippen molar-refractivity contribution >= 4 is 27.5 Å². The van der Waals surface area contributed by atoms with Crippen LogP contribution < -0.4 is 9.62 Å². The Bertz CT molecular complexity index is 796. The molecule has 1 aliphatic rings. The van der Waals surface area contributed by atoms with Gasteiger partial charge in [-0.15, -0.1) is 0 Å². The zero-order chi connectivity index (χ0) is 17.0. The summed E-state index contributed by atoms with van der Waals surface area (Å²) in [4.78, 5) is 2.18. The van der Waals surface area contributed by atoms with Crippen molar-refractivity contribution in [3.05, 3.63) is 65.6 Å². The fourth-order valence-corrected chi connectivity index (χ4v) is 3.34. The summed E-state index contributed by atoms with van der Waals surface area (Å²) in [5, 5.41) is 1.18. The standard InChI is InChI=1S/C18H20N2O3S/c1-23-18-13-20(14-18)17-9-7-16(8-10-17)19-24(21,22)12-11-15-5-3-2-4-6-15/h2-12,18-19H,13-14H2,1H3. The van der Waals surface area contributed by atoms with Gasteiger partial charge < -0.3 is 9.64 Å². The van der Waals surface area contributed by atoms with Crippen molar-refractivity contribution in [2.75, 3.05) is 29.8 Å². The smallest absolute Gasteiger partial charge is 0.255 e. The minimum atomic E-state index is -3.53. The van der Waals surface area contributed by atoms with E-state index in [0.29, 0.717) is 5.69 Å². The lowest BCUT2D eigenvalue weighted by atomic mass is 10.1. The van der Waals surface area contributed by atoms with Crippen molar-refractivity contribution in [1.82, 2.24) is 0 Å². The molecule has 2 aromatic carbocycles. The van der Waals surface area contributed by atoms with Gasteiger partial charge >= 0.3 is 0 Å². The molecule has 1 N–H and O–H groups in total. The van der Waals surface area contributed by atoms with E-state index in [1.807, 2.05) is 42.5 Å². The molecule has 0 bridgehead atoms. The van der Waals surface area contributed by atoms with E-state index in [1.165, 1.54) is 5.41 Å². The second kappa shape index (κ2) is 7.07. The number of methoxy groups -OCH3 is 1. The molecule has 6 heteroatoms. The first-order valence-electron chi connectivity index (χ1n) is 7.69. The Morgan fingerprint density at radius 3 is 2.38 bits per heavy atom. The number of nitrogens with zero attached hydrogens (tertiary/aromatic N) is 1. The molecule has 2 aromatic rings. The minimum Gasteiger partial charge on any atom is -0.378 e. The lowest BCUT2D eigenvalue weighted by Crippen LogP contribution is -2.51. The molecule has 0 amide bonds. The average molecular weight is 344 g/mol. The molecule has 3 rings (SSSR count). The summed E-state index contributed by atoms with van der Waals surface area (Å²) in [5.41, 5.74) is 2.44. The third-order valence-corrected chi connectivity index (χ3v) is 4.93. The largest absolute Gasteiger partial charge is 0.378 e. The van der Waals surface area contributed by atoms with Crippen LogP contribution in [0, 0.1) is 0 Å². The highest BCUT2D eigenvalue weighted by Gasteiger charge is 2.26. The summed E-state index contributed by atoms with van der Waals surface area (Å²) in [6.45, 7) is 1.72. The fraction of sp³-hybridized carbons (Fsp3) is 0.222. The number of nitrogens with one attached hydrogen (secondary N) is 1. The number of anilines is 2. The lowest BCUT2D eigenvalue weighted by Gasteiger charge is -2.40. The van der Waals surface area contributed by atoms with Crippen LogP contribution in [-0.2, 0) is 14.8 Å². The van der Waals surface area contributed by atoms with Gasteiger partial charge in [-0.3, -0.25) is 4.72 Å². The summed E-state index contributed by atoms with van der Waals surface area (Å²) < 4.78 is 32.0. The third kappa shape index (κ3) is 4.15. The van der Waals surface area contributed by atoms with Gasteiger partial charge in [0.25, 0.3) is 10.0 Å². The van der Waals surface area contributed by atoms with E-state index in [-0.39, 0.29) is 6.10 Å². The van der Waals surface area contributed by atoms with E-state index in [4.69, 9.17) is 4.74 Å². The molecular formula is C18H20N2O3S. The van der Waals surface area contributed by atoms with Crippen LogP contribution in [-0.4, -0.2) is 34.7 Å². The molecule has 126 valence electrons. The number of benzene rings is 2. The highest BCUT2D eigenvalue weighted by Crippen LogP contribution is 2.24. The molecule has 0 spiro atoms. The summed E-state index contributed by atoms with van der Waals surface area (Å²) in [7, 11) is -1.82. The van der Waals surface area contributed by atoms with E-state index in [2.05, 4.69) is 9.62 Å². The first kappa shape index (κ1) is 16.5. The zero-order valence-corrected chi connectivity index (χ0v) is 14.2. The van der Waals surface area contributed by atoms with Crippen molar-refractivity contribution in [2.24, 2.45) is 0 Å². The van der Waals surface area contributed by atoms with Crippen LogP contribution in [0.4, 0.5) is 11.4 Å². The van der Waals surface area contributed by atoms with E-state index in [0.717, 1.165) is 24.3 Å². The second-order valence-corrected chi connectivity index (χ2v) is 7.24. The summed E-state index contributed by atoms with van der Waals surface area (Å²) in [6.07, 6.45) is 1.85. The number of sulfonamides is 1. The Kier molecular flexibility index (Phi) is 4.87. The molecular weight excluding hydrogens is 324 g/mol. The van der Waals surface area contributed by atoms with Gasteiger partial charge in [0.15, 0.2) is 0 Å². The van der Waals surface area contributed by atoms with Crippen LogP contribution in [0.2, 0.25) is 0 Å². The fourth-order valence-electron chi connectivity index (χ4n) is 2.47. The van der Waals surface area contributed by atoms with Crippen molar-refractivity contribution < 1.29 is 13.2 Å². The van der Waals surface area contributed by atoms with E-state index >= 15 is 0 Å². The molecule has 1 aliphatic heterocycles. The molecule has 0 atom stereocenters.